The lowest BCUT2D eigenvalue weighted by Crippen LogP contribution is -2.56. The molecule has 258 valence electrons. The number of amides is 3. The van der Waals surface area contributed by atoms with Crippen LogP contribution in [0.15, 0.2) is 48.5 Å². The van der Waals surface area contributed by atoms with Crippen LogP contribution < -0.4 is 10.6 Å². The fourth-order valence-corrected chi connectivity index (χ4v) is 5.98. The van der Waals surface area contributed by atoms with Crippen LogP contribution >= 0.6 is 11.8 Å². The van der Waals surface area contributed by atoms with Gasteiger partial charge in [-0.3, -0.25) is 9.59 Å². The number of ether oxygens (including phenoxy) is 2. The molecule has 10 heteroatoms. The highest BCUT2D eigenvalue weighted by atomic mass is 32.2. The van der Waals surface area contributed by atoms with Crippen molar-refractivity contribution < 1.29 is 28.7 Å². The van der Waals surface area contributed by atoms with Crippen molar-refractivity contribution in [3.63, 3.8) is 0 Å². The molecule has 2 aromatic carbocycles. The molecule has 47 heavy (non-hydrogen) atoms. The molecule has 2 aromatic rings. The molecule has 1 fully saturated rings. The van der Waals surface area contributed by atoms with Gasteiger partial charge in [-0.05, 0) is 103 Å². The Morgan fingerprint density at radius 2 is 1.53 bits per heavy atom. The summed E-state index contributed by atoms with van der Waals surface area (Å²) in [6, 6.07) is 12.0. The van der Waals surface area contributed by atoms with Crippen molar-refractivity contribution in [3.05, 3.63) is 70.8 Å². The fraction of sp³-hybridized carbons (Fsp3) is 0.568. The summed E-state index contributed by atoms with van der Waals surface area (Å²) in [4.78, 5) is 57.4. The van der Waals surface area contributed by atoms with Crippen LogP contribution in [0.2, 0.25) is 0 Å². The Kier molecular flexibility index (Phi) is 12.9. The van der Waals surface area contributed by atoms with Gasteiger partial charge in [-0.25, -0.2) is 9.59 Å². The first-order valence-corrected chi connectivity index (χ1v) is 17.7. The van der Waals surface area contributed by atoms with E-state index in [9.17, 15) is 19.2 Å². The van der Waals surface area contributed by atoms with Crippen molar-refractivity contribution in [2.24, 2.45) is 5.92 Å². The number of aryl methyl sites for hydroxylation is 2. The Morgan fingerprint density at radius 3 is 2.06 bits per heavy atom. The van der Waals surface area contributed by atoms with Crippen LogP contribution in [0.1, 0.15) is 89.6 Å². The number of benzene rings is 2. The third kappa shape index (κ3) is 11.6. The Hall–Kier alpha value is -3.53. The summed E-state index contributed by atoms with van der Waals surface area (Å²) < 4.78 is 11.3. The quantitative estimate of drug-likeness (QED) is 0.241. The SMILES string of the molecule is CSCCC(NC(=O)OC(C)(C)C)C(=O)N(C(C(=O)NC(Cc1ccccc1)C(=O)OC(C)(C)C)c1ccc(C)cc1C)C1CC1C. The van der Waals surface area contributed by atoms with E-state index in [-0.39, 0.29) is 24.3 Å². The number of hydrogen-bond acceptors (Lipinski definition) is 7. The summed E-state index contributed by atoms with van der Waals surface area (Å²) in [6.45, 7) is 16.6. The van der Waals surface area contributed by atoms with E-state index in [1.54, 1.807) is 58.2 Å². The molecule has 0 radical (unpaired) electrons. The molecule has 9 nitrogen and oxygen atoms in total. The summed E-state index contributed by atoms with van der Waals surface area (Å²) in [5.41, 5.74) is 1.85. The monoisotopic (exact) mass is 667 g/mol. The maximum atomic E-state index is 14.7. The predicted molar refractivity (Wildman–Crippen MR) is 187 cm³/mol. The van der Waals surface area contributed by atoms with Gasteiger partial charge in [0.1, 0.15) is 29.3 Å². The van der Waals surface area contributed by atoms with Crippen LogP contribution in [0.25, 0.3) is 0 Å². The number of thioether (sulfide) groups is 1. The van der Waals surface area contributed by atoms with Gasteiger partial charge in [-0.2, -0.15) is 11.8 Å². The topological polar surface area (TPSA) is 114 Å². The minimum absolute atomic E-state index is 0.147. The Labute approximate surface area is 284 Å². The minimum atomic E-state index is -1.06. The van der Waals surface area contributed by atoms with Gasteiger partial charge in [0, 0.05) is 12.5 Å². The van der Waals surface area contributed by atoms with E-state index >= 15 is 0 Å². The lowest BCUT2D eigenvalue weighted by Gasteiger charge is -2.36. The summed E-state index contributed by atoms with van der Waals surface area (Å²) in [7, 11) is 0. The van der Waals surface area contributed by atoms with Crippen LogP contribution in [-0.2, 0) is 30.3 Å². The van der Waals surface area contributed by atoms with Crippen LogP contribution in [0.3, 0.4) is 0 Å². The maximum absolute atomic E-state index is 14.7. The molecule has 3 amide bonds. The summed E-state index contributed by atoms with van der Waals surface area (Å²) in [5.74, 6) is -0.656. The Morgan fingerprint density at radius 1 is 0.915 bits per heavy atom. The Balaban J connectivity index is 2.09. The van der Waals surface area contributed by atoms with Crippen molar-refractivity contribution in [3.8, 4) is 0 Å². The molecule has 3 rings (SSSR count). The highest BCUT2D eigenvalue weighted by molar-refractivity contribution is 7.98. The molecule has 1 aliphatic rings. The van der Waals surface area contributed by atoms with Gasteiger partial charge in [-0.1, -0.05) is 61.0 Å². The molecule has 1 saturated carbocycles. The maximum Gasteiger partial charge on any atom is 0.408 e. The first-order valence-electron chi connectivity index (χ1n) is 16.3. The summed E-state index contributed by atoms with van der Waals surface area (Å²) >= 11 is 1.56. The van der Waals surface area contributed by atoms with E-state index in [1.807, 2.05) is 75.6 Å². The number of carbonyl (C=O) groups excluding carboxylic acids is 4. The lowest BCUT2D eigenvalue weighted by atomic mass is 9.95. The van der Waals surface area contributed by atoms with E-state index in [2.05, 4.69) is 10.6 Å². The number of carbonyl (C=O) groups is 4. The van der Waals surface area contributed by atoms with E-state index in [1.165, 1.54) is 0 Å². The molecular formula is C37H53N3O6S. The molecular weight excluding hydrogens is 614 g/mol. The van der Waals surface area contributed by atoms with Gasteiger partial charge in [-0.15, -0.1) is 0 Å². The predicted octanol–water partition coefficient (Wildman–Crippen LogP) is 6.30. The van der Waals surface area contributed by atoms with Gasteiger partial charge in [0.15, 0.2) is 0 Å². The minimum Gasteiger partial charge on any atom is -0.458 e. The smallest absolute Gasteiger partial charge is 0.408 e. The van der Waals surface area contributed by atoms with E-state index < -0.39 is 47.3 Å². The van der Waals surface area contributed by atoms with Crippen LogP contribution in [-0.4, -0.2) is 70.1 Å². The van der Waals surface area contributed by atoms with Crippen LogP contribution in [0.5, 0.6) is 0 Å². The number of rotatable bonds is 13. The zero-order chi connectivity index (χ0) is 35.1. The van der Waals surface area contributed by atoms with Crippen LogP contribution in [0, 0.1) is 19.8 Å². The van der Waals surface area contributed by atoms with Crippen molar-refractivity contribution in [2.75, 3.05) is 12.0 Å². The zero-order valence-electron chi connectivity index (χ0n) is 29.6. The lowest BCUT2D eigenvalue weighted by molar-refractivity contribution is -0.159. The molecule has 5 atom stereocenters. The summed E-state index contributed by atoms with van der Waals surface area (Å²) in [5, 5.41) is 5.79. The second-order valence-corrected chi connectivity index (χ2v) is 15.5. The first-order chi connectivity index (χ1) is 21.9. The van der Waals surface area contributed by atoms with Crippen molar-refractivity contribution in [1.82, 2.24) is 15.5 Å². The third-order valence-electron chi connectivity index (χ3n) is 7.82. The Bertz CT molecular complexity index is 1400. The molecule has 2 N–H and O–H groups in total. The standard InChI is InChI=1S/C37H53N3O6S/c1-23-16-17-27(24(2)20-23)31(32(41)38-29(34(43)45-36(4,5)6)22-26-14-12-11-13-15-26)40(30-21-25(30)3)33(42)28(18-19-47-10)39-35(44)46-37(7,8)9/h11-17,20,25,28-31H,18-19,21-22H2,1-10H3,(H,38,41)(H,39,44). The number of nitrogens with zero attached hydrogens (tertiary/aromatic N) is 1. The normalized spacial score (nSPS) is 17.9. The van der Waals surface area contributed by atoms with Crippen molar-refractivity contribution in [1.29, 1.82) is 0 Å². The van der Waals surface area contributed by atoms with Crippen molar-refractivity contribution >= 4 is 35.6 Å². The summed E-state index contributed by atoms with van der Waals surface area (Å²) in [6.07, 6.45) is 2.52. The highest BCUT2D eigenvalue weighted by Crippen LogP contribution is 2.41. The second kappa shape index (κ2) is 16.0. The average molecular weight is 668 g/mol. The van der Waals surface area contributed by atoms with E-state index in [0.717, 1.165) is 16.7 Å². The zero-order valence-corrected chi connectivity index (χ0v) is 30.5. The largest absolute Gasteiger partial charge is 0.458 e. The number of alkyl carbamates (subject to hydrolysis) is 1. The van der Waals surface area contributed by atoms with Crippen LogP contribution in [0.4, 0.5) is 4.79 Å². The second-order valence-electron chi connectivity index (χ2n) is 14.6. The van der Waals surface area contributed by atoms with Crippen molar-refractivity contribution in [2.45, 2.75) is 117 Å². The average Bonchev–Trinajstić information content (AvgIpc) is 3.67. The van der Waals surface area contributed by atoms with Gasteiger partial charge in [0.05, 0.1) is 0 Å². The molecule has 0 spiro atoms. The molecule has 0 saturated heterocycles. The van der Waals surface area contributed by atoms with E-state index in [0.29, 0.717) is 24.2 Å². The van der Waals surface area contributed by atoms with E-state index in [4.69, 9.17) is 9.47 Å². The number of nitrogens with one attached hydrogen (secondary N) is 2. The molecule has 0 aliphatic heterocycles. The van der Waals surface area contributed by atoms with Gasteiger partial charge < -0.3 is 25.0 Å². The number of esters is 1. The molecule has 0 aromatic heterocycles. The van der Waals surface area contributed by atoms with Gasteiger partial charge in [0.2, 0.25) is 11.8 Å². The molecule has 0 heterocycles. The highest BCUT2D eigenvalue weighted by Gasteiger charge is 2.49. The van der Waals surface area contributed by atoms with Gasteiger partial charge in [0.25, 0.3) is 0 Å². The molecule has 0 bridgehead atoms. The first kappa shape index (κ1) is 37.9. The molecule has 5 unspecified atom stereocenters. The van der Waals surface area contributed by atoms with Gasteiger partial charge >= 0.3 is 12.1 Å². The fourth-order valence-electron chi connectivity index (χ4n) is 5.51. The number of hydrogen-bond donors (Lipinski definition) is 2. The molecule has 1 aliphatic carbocycles. The third-order valence-corrected chi connectivity index (χ3v) is 8.46.